The fraction of sp³-hybridized carbons (Fsp3) is 0.111. The highest BCUT2D eigenvalue weighted by Crippen LogP contribution is 2.32. The predicted molar refractivity (Wildman–Crippen MR) is 58.1 cm³/mol. The highest BCUT2D eigenvalue weighted by atomic mass is 127. The largest absolute Gasteiger partial charge is 0.416 e. The summed E-state index contributed by atoms with van der Waals surface area (Å²) in [6.45, 7) is 0. The number of amides is 1. The molecule has 0 aliphatic rings. The van der Waals surface area contributed by atoms with E-state index in [4.69, 9.17) is 5.73 Å². The zero-order valence-electron chi connectivity index (χ0n) is 7.64. The third-order valence-corrected chi connectivity index (χ3v) is 3.02. The van der Waals surface area contributed by atoms with Gasteiger partial charge in [-0.1, -0.05) is 0 Å². The number of halogens is 4. The zero-order chi connectivity index (χ0) is 12.5. The number of carbonyl (C=O) groups is 2. The molecule has 0 unspecified atom stereocenters. The minimum Gasteiger partial charge on any atom is -0.366 e. The van der Waals surface area contributed by atoms with Crippen LogP contribution in [0.3, 0.4) is 0 Å². The second-order valence-electron chi connectivity index (χ2n) is 2.91. The quantitative estimate of drug-likeness (QED) is 0.661. The molecule has 86 valence electrons. The van der Waals surface area contributed by atoms with E-state index in [2.05, 4.69) is 0 Å². The van der Waals surface area contributed by atoms with Crippen molar-refractivity contribution in [1.29, 1.82) is 0 Å². The molecule has 1 rings (SSSR count). The molecule has 1 aromatic carbocycles. The summed E-state index contributed by atoms with van der Waals surface area (Å²) in [7, 11) is 0. The maximum Gasteiger partial charge on any atom is 0.416 e. The Hall–Kier alpha value is -1.12. The van der Waals surface area contributed by atoms with E-state index in [1.54, 1.807) is 22.6 Å². The molecule has 0 bridgehead atoms. The first-order chi connectivity index (χ1) is 7.27. The lowest BCUT2D eigenvalue weighted by Crippen LogP contribution is -2.16. The van der Waals surface area contributed by atoms with Gasteiger partial charge in [0.15, 0.2) is 6.29 Å². The van der Waals surface area contributed by atoms with Gasteiger partial charge in [-0.05, 0) is 34.7 Å². The number of rotatable bonds is 2. The second kappa shape index (κ2) is 4.40. The molecular formula is C9H5F3INO2. The van der Waals surface area contributed by atoms with Gasteiger partial charge in [-0.15, -0.1) is 0 Å². The normalized spacial score (nSPS) is 11.2. The number of hydrogen-bond acceptors (Lipinski definition) is 2. The van der Waals surface area contributed by atoms with Gasteiger partial charge in [0.25, 0.3) is 0 Å². The van der Waals surface area contributed by atoms with Crippen molar-refractivity contribution in [3.8, 4) is 0 Å². The summed E-state index contributed by atoms with van der Waals surface area (Å²) in [5, 5.41) is 0. The lowest BCUT2D eigenvalue weighted by Gasteiger charge is -2.10. The lowest BCUT2D eigenvalue weighted by molar-refractivity contribution is -0.137. The average Bonchev–Trinajstić information content (AvgIpc) is 2.15. The van der Waals surface area contributed by atoms with Crippen LogP contribution in [0.4, 0.5) is 13.2 Å². The molecule has 16 heavy (non-hydrogen) atoms. The van der Waals surface area contributed by atoms with Crippen LogP contribution in [0.15, 0.2) is 12.1 Å². The molecular weight excluding hydrogens is 338 g/mol. The number of aldehydes is 1. The van der Waals surface area contributed by atoms with Crippen molar-refractivity contribution < 1.29 is 22.8 Å². The van der Waals surface area contributed by atoms with Gasteiger partial charge in [0.2, 0.25) is 5.91 Å². The molecule has 1 aromatic rings. The molecule has 3 nitrogen and oxygen atoms in total. The Morgan fingerprint density at radius 1 is 1.38 bits per heavy atom. The molecule has 0 aliphatic carbocycles. The Morgan fingerprint density at radius 3 is 2.31 bits per heavy atom. The van der Waals surface area contributed by atoms with Crippen LogP contribution in [0.1, 0.15) is 26.3 Å². The smallest absolute Gasteiger partial charge is 0.366 e. The molecule has 2 N–H and O–H groups in total. The first-order valence-corrected chi connectivity index (χ1v) is 5.01. The van der Waals surface area contributed by atoms with Crippen LogP contribution in [0.2, 0.25) is 0 Å². The summed E-state index contributed by atoms with van der Waals surface area (Å²) in [5.41, 5.74) is 3.35. The van der Waals surface area contributed by atoms with Crippen LogP contribution in [0.5, 0.6) is 0 Å². The molecule has 1 amide bonds. The Labute approximate surface area is 102 Å². The lowest BCUT2D eigenvalue weighted by atomic mass is 10.1. The summed E-state index contributed by atoms with van der Waals surface area (Å²) in [5.74, 6) is -1.00. The molecule has 0 saturated carbocycles. The summed E-state index contributed by atoms with van der Waals surface area (Å²) in [6, 6.07) is 1.32. The maximum absolute atomic E-state index is 12.4. The molecule has 0 spiro atoms. The van der Waals surface area contributed by atoms with Gasteiger partial charge in [0.05, 0.1) is 11.1 Å². The van der Waals surface area contributed by atoms with Gasteiger partial charge < -0.3 is 5.73 Å². The number of hydrogen-bond donors (Lipinski definition) is 1. The summed E-state index contributed by atoms with van der Waals surface area (Å²) in [4.78, 5) is 21.5. The van der Waals surface area contributed by atoms with Gasteiger partial charge in [-0.3, -0.25) is 9.59 Å². The Morgan fingerprint density at radius 2 is 1.94 bits per heavy atom. The van der Waals surface area contributed by atoms with Crippen LogP contribution in [0.25, 0.3) is 0 Å². The Bertz CT molecular complexity index is 457. The summed E-state index contributed by atoms with van der Waals surface area (Å²) in [6.07, 6.45) is -4.37. The van der Waals surface area contributed by atoms with Gasteiger partial charge in [-0.2, -0.15) is 13.2 Å². The molecule has 0 aliphatic heterocycles. The van der Waals surface area contributed by atoms with Crippen molar-refractivity contribution in [2.24, 2.45) is 5.73 Å². The van der Waals surface area contributed by atoms with Crippen LogP contribution < -0.4 is 5.73 Å². The number of nitrogens with two attached hydrogens (primary N) is 1. The fourth-order valence-corrected chi connectivity index (χ4v) is 1.78. The van der Waals surface area contributed by atoms with E-state index in [1.807, 2.05) is 0 Å². The molecule has 0 heterocycles. The van der Waals surface area contributed by atoms with Gasteiger partial charge >= 0.3 is 6.18 Å². The van der Waals surface area contributed by atoms with E-state index in [0.29, 0.717) is 12.1 Å². The Balaban J connectivity index is 3.52. The molecule has 7 heteroatoms. The van der Waals surface area contributed by atoms with Crippen molar-refractivity contribution >= 4 is 34.8 Å². The molecule has 0 radical (unpaired) electrons. The standard InChI is InChI=1S/C9H5F3INO2/c10-9(11,12)5-1-4(3-15)7(13)6(2-5)8(14)16/h1-3H,(H2,14,16). The highest BCUT2D eigenvalue weighted by Gasteiger charge is 2.32. The van der Waals surface area contributed by atoms with E-state index in [1.165, 1.54) is 0 Å². The molecule has 0 aromatic heterocycles. The number of primary amides is 1. The Kier molecular flexibility index (Phi) is 3.56. The van der Waals surface area contributed by atoms with E-state index < -0.39 is 17.6 Å². The number of benzene rings is 1. The topological polar surface area (TPSA) is 60.2 Å². The maximum atomic E-state index is 12.4. The van der Waals surface area contributed by atoms with E-state index in [-0.39, 0.29) is 21.0 Å². The van der Waals surface area contributed by atoms with Gasteiger partial charge in [0, 0.05) is 9.13 Å². The van der Waals surface area contributed by atoms with Gasteiger partial charge in [-0.25, -0.2) is 0 Å². The van der Waals surface area contributed by atoms with E-state index in [0.717, 1.165) is 0 Å². The molecule has 0 atom stereocenters. The molecule has 0 saturated heterocycles. The number of alkyl halides is 3. The molecule has 0 fully saturated rings. The van der Waals surface area contributed by atoms with E-state index >= 15 is 0 Å². The van der Waals surface area contributed by atoms with Crippen molar-refractivity contribution in [1.82, 2.24) is 0 Å². The SMILES string of the molecule is NC(=O)c1cc(C(F)(F)F)cc(C=O)c1I. The monoisotopic (exact) mass is 343 g/mol. The first-order valence-electron chi connectivity index (χ1n) is 3.93. The minimum absolute atomic E-state index is 0.119. The van der Waals surface area contributed by atoms with Crippen molar-refractivity contribution in [3.63, 3.8) is 0 Å². The number of carbonyl (C=O) groups excluding carboxylic acids is 2. The van der Waals surface area contributed by atoms with E-state index in [9.17, 15) is 22.8 Å². The average molecular weight is 343 g/mol. The van der Waals surface area contributed by atoms with Crippen LogP contribution >= 0.6 is 22.6 Å². The first kappa shape index (κ1) is 12.9. The second-order valence-corrected chi connectivity index (χ2v) is 3.99. The van der Waals surface area contributed by atoms with Crippen molar-refractivity contribution in [3.05, 3.63) is 32.4 Å². The summed E-state index contributed by atoms with van der Waals surface area (Å²) < 4.78 is 37.3. The van der Waals surface area contributed by atoms with Crippen LogP contribution in [-0.2, 0) is 6.18 Å². The highest BCUT2D eigenvalue weighted by molar-refractivity contribution is 14.1. The van der Waals surface area contributed by atoms with Crippen molar-refractivity contribution in [2.75, 3.05) is 0 Å². The predicted octanol–water partition coefficient (Wildman–Crippen LogP) is 2.22. The van der Waals surface area contributed by atoms with Gasteiger partial charge in [0.1, 0.15) is 0 Å². The zero-order valence-corrected chi connectivity index (χ0v) is 9.80. The minimum atomic E-state index is -4.62. The third-order valence-electron chi connectivity index (χ3n) is 1.82. The summed E-state index contributed by atoms with van der Waals surface area (Å²) >= 11 is 1.60. The van der Waals surface area contributed by atoms with Crippen molar-refractivity contribution in [2.45, 2.75) is 6.18 Å². The van der Waals surface area contributed by atoms with Crippen LogP contribution in [0, 0.1) is 3.57 Å². The third kappa shape index (κ3) is 2.52. The van der Waals surface area contributed by atoms with Crippen LogP contribution in [-0.4, -0.2) is 12.2 Å². The fourth-order valence-electron chi connectivity index (χ4n) is 1.08.